The standard InChI is InChI=1S/C18H17F3N2O2/c1-25-10-9-23-16(12-5-4-6-13(11-12)18(19,20)21)22-15-8-3-2-7-14(15)17(23)24/h2-8,11,16,22H,9-10H2,1H3/t16-/m0/s1. The van der Waals surface area contributed by atoms with Gasteiger partial charge in [-0.2, -0.15) is 13.2 Å². The quantitative estimate of drug-likeness (QED) is 0.909. The summed E-state index contributed by atoms with van der Waals surface area (Å²) in [5.74, 6) is -0.242. The molecule has 4 nitrogen and oxygen atoms in total. The first kappa shape index (κ1) is 17.3. The number of hydrogen-bond donors (Lipinski definition) is 1. The summed E-state index contributed by atoms with van der Waals surface area (Å²) in [7, 11) is 1.51. The summed E-state index contributed by atoms with van der Waals surface area (Å²) in [6, 6.07) is 12.0. The van der Waals surface area contributed by atoms with Crippen molar-refractivity contribution in [1.29, 1.82) is 0 Å². The monoisotopic (exact) mass is 350 g/mol. The molecule has 1 atom stereocenters. The minimum absolute atomic E-state index is 0.242. The van der Waals surface area contributed by atoms with Crippen molar-refractivity contribution in [3.63, 3.8) is 0 Å². The maximum atomic E-state index is 13.0. The third-order valence-corrected chi connectivity index (χ3v) is 4.09. The van der Waals surface area contributed by atoms with Gasteiger partial charge in [-0.25, -0.2) is 0 Å². The van der Waals surface area contributed by atoms with Gasteiger partial charge in [0.1, 0.15) is 6.17 Å². The van der Waals surface area contributed by atoms with E-state index in [4.69, 9.17) is 4.74 Å². The average Bonchev–Trinajstić information content (AvgIpc) is 2.60. The Kier molecular flexibility index (Phi) is 4.67. The molecule has 3 rings (SSSR count). The molecule has 0 spiro atoms. The van der Waals surface area contributed by atoms with Crippen LogP contribution in [0.3, 0.4) is 0 Å². The molecule has 0 fully saturated rings. The number of nitrogens with zero attached hydrogens (tertiary/aromatic N) is 1. The zero-order valence-corrected chi connectivity index (χ0v) is 13.5. The second-order valence-electron chi connectivity index (χ2n) is 5.71. The van der Waals surface area contributed by atoms with Crippen molar-refractivity contribution in [3.05, 3.63) is 65.2 Å². The molecule has 0 unspecified atom stereocenters. The molecule has 0 saturated carbocycles. The van der Waals surface area contributed by atoms with Crippen molar-refractivity contribution in [3.8, 4) is 0 Å². The maximum absolute atomic E-state index is 13.0. The van der Waals surface area contributed by atoms with Gasteiger partial charge in [0.15, 0.2) is 0 Å². The number of ether oxygens (including phenoxy) is 1. The summed E-state index contributed by atoms with van der Waals surface area (Å²) < 4.78 is 44.1. The Bertz CT molecular complexity index is 777. The number of rotatable bonds is 4. The fourth-order valence-electron chi connectivity index (χ4n) is 2.86. The Morgan fingerprint density at radius 2 is 1.92 bits per heavy atom. The van der Waals surface area contributed by atoms with Crippen molar-refractivity contribution in [2.24, 2.45) is 0 Å². The number of carbonyl (C=O) groups excluding carboxylic acids is 1. The van der Waals surface area contributed by atoms with Crippen molar-refractivity contribution < 1.29 is 22.7 Å². The lowest BCUT2D eigenvalue weighted by molar-refractivity contribution is -0.137. The molecule has 0 radical (unpaired) electrons. The van der Waals surface area contributed by atoms with E-state index in [1.54, 1.807) is 30.3 Å². The van der Waals surface area contributed by atoms with E-state index < -0.39 is 17.9 Å². The molecule has 132 valence electrons. The number of benzene rings is 2. The predicted molar refractivity (Wildman–Crippen MR) is 87.2 cm³/mol. The van der Waals surface area contributed by atoms with Crippen LogP contribution in [0.1, 0.15) is 27.7 Å². The second-order valence-corrected chi connectivity index (χ2v) is 5.71. The summed E-state index contributed by atoms with van der Waals surface area (Å²) >= 11 is 0. The minimum atomic E-state index is -4.44. The molecular formula is C18H17F3N2O2. The Hall–Kier alpha value is -2.54. The second kappa shape index (κ2) is 6.76. The lowest BCUT2D eigenvalue weighted by Gasteiger charge is -2.38. The predicted octanol–water partition coefficient (Wildman–Crippen LogP) is 3.92. The van der Waals surface area contributed by atoms with Gasteiger partial charge >= 0.3 is 6.18 Å². The van der Waals surface area contributed by atoms with Gasteiger partial charge in [0, 0.05) is 19.3 Å². The zero-order chi connectivity index (χ0) is 18.0. The fourth-order valence-corrected chi connectivity index (χ4v) is 2.86. The van der Waals surface area contributed by atoms with Gasteiger partial charge < -0.3 is 15.0 Å². The Morgan fingerprint density at radius 3 is 2.64 bits per heavy atom. The van der Waals surface area contributed by atoms with E-state index in [0.29, 0.717) is 16.8 Å². The highest BCUT2D eigenvalue weighted by Crippen LogP contribution is 2.35. The normalized spacial score (nSPS) is 17.2. The molecule has 2 aromatic carbocycles. The van der Waals surface area contributed by atoms with Crippen molar-refractivity contribution >= 4 is 11.6 Å². The molecule has 0 saturated heterocycles. The van der Waals surface area contributed by atoms with Crippen LogP contribution in [0.2, 0.25) is 0 Å². The molecule has 1 aliphatic heterocycles. The first-order valence-corrected chi connectivity index (χ1v) is 7.74. The zero-order valence-electron chi connectivity index (χ0n) is 13.5. The SMILES string of the molecule is COCCN1C(=O)c2ccccc2N[C@@H]1c1cccc(C(F)(F)F)c1. The number of amides is 1. The van der Waals surface area contributed by atoms with Crippen LogP contribution in [0.4, 0.5) is 18.9 Å². The average molecular weight is 350 g/mol. The topological polar surface area (TPSA) is 41.6 Å². The molecule has 1 aliphatic rings. The Labute approximate surface area is 143 Å². The number of carbonyl (C=O) groups is 1. The molecule has 2 aromatic rings. The van der Waals surface area contributed by atoms with Crippen LogP contribution in [0.25, 0.3) is 0 Å². The summed E-state index contributed by atoms with van der Waals surface area (Å²) in [5.41, 5.74) is 0.712. The van der Waals surface area contributed by atoms with E-state index in [9.17, 15) is 18.0 Å². The van der Waals surface area contributed by atoms with Crippen molar-refractivity contribution in [2.45, 2.75) is 12.3 Å². The van der Waals surface area contributed by atoms with Crippen LogP contribution < -0.4 is 5.32 Å². The van der Waals surface area contributed by atoms with Crippen LogP contribution in [-0.4, -0.2) is 31.1 Å². The van der Waals surface area contributed by atoms with Crippen LogP contribution in [0.5, 0.6) is 0 Å². The highest BCUT2D eigenvalue weighted by molar-refractivity contribution is 6.01. The third kappa shape index (κ3) is 3.46. The first-order chi connectivity index (χ1) is 11.9. The molecule has 0 aromatic heterocycles. The summed E-state index contributed by atoms with van der Waals surface area (Å²) in [5, 5.41) is 3.16. The number of anilines is 1. The number of nitrogens with one attached hydrogen (secondary N) is 1. The van der Waals surface area contributed by atoms with Gasteiger partial charge in [0.05, 0.1) is 17.7 Å². The van der Waals surface area contributed by atoms with Crippen LogP contribution in [0.15, 0.2) is 48.5 Å². The smallest absolute Gasteiger partial charge is 0.383 e. The summed E-state index contributed by atoms with van der Waals surface area (Å²) in [6.45, 7) is 0.544. The Morgan fingerprint density at radius 1 is 1.16 bits per heavy atom. The van der Waals surface area contributed by atoms with Gasteiger partial charge in [-0.15, -0.1) is 0 Å². The van der Waals surface area contributed by atoms with E-state index in [1.807, 2.05) is 0 Å². The van der Waals surface area contributed by atoms with E-state index in [1.165, 1.54) is 18.1 Å². The number of methoxy groups -OCH3 is 1. The van der Waals surface area contributed by atoms with Gasteiger partial charge in [-0.3, -0.25) is 4.79 Å². The number of alkyl halides is 3. The highest BCUT2D eigenvalue weighted by atomic mass is 19.4. The molecule has 1 heterocycles. The van der Waals surface area contributed by atoms with Gasteiger partial charge in [-0.05, 0) is 29.8 Å². The molecule has 1 N–H and O–H groups in total. The number of para-hydroxylation sites is 1. The molecular weight excluding hydrogens is 333 g/mol. The Balaban J connectivity index is 2.02. The lowest BCUT2D eigenvalue weighted by Crippen LogP contribution is -2.44. The molecule has 25 heavy (non-hydrogen) atoms. The fraction of sp³-hybridized carbons (Fsp3) is 0.278. The van der Waals surface area contributed by atoms with Gasteiger partial charge in [-0.1, -0.05) is 24.3 Å². The largest absolute Gasteiger partial charge is 0.416 e. The van der Waals surface area contributed by atoms with Crippen LogP contribution in [0, 0.1) is 0 Å². The number of hydrogen-bond acceptors (Lipinski definition) is 3. The van der Waals surface area contributed by atoms with Gasteiger partial charge in [0.2, 0.25) is 0 Å². The molecule has 7 heteroatoms. The van der Waals surface area contributed by atoms with Crippen molar-refractivity contribution in [1.82, 2.24) is 4.90 Å². The van der Waals surface area contributed by atoms with E-state index >= 15 is 0 Å². The first-order valence-electron chi connectivity index (χ1n) is 7.74. The van der Waals surface area contributed by atoms with Crippen molar-refractivity contribution in [2.75, 3.05) is 25.6 Å². The molecule has 0 bridgehead atoms. The summed E-state index contributed by atoms with van der Waals surface area (Å²) in [4.78, 5) is 14.3. The third-order valence-electron chi connectivity index (χ3n) is 4.09. The maximum Gasteiger partial charge on any atom is 0.416 e. The lowest BCUT2D eigenvalue weighted by atomic mass is 10.0. The molecule has 1 amide bonds. The van der Waals surface area contributed by atoms with E-state index in [2.05, 4.69) is 5.32 Å². The van der Waals surface area contributed by atoms with Gasteiger partial charge in [0.25, 0.3) is 5.91 Å². The highest BCUT2D eigenvalue weighted by Gasteiger charge is 2.35. The van der Waals surface area contributed by atoms with Crippen LogP contribution >= 0.6 is 0 Å². The van der Waals surface area contributed by atoms with E-state index in [0.717, 1.165) is 12.1 Å². The number of fused-ring (bicyclic) bond motifs is 1. The van der Waals surface area contributed by atoms with E-state index in [-0.39, 0.29) is 19.1 Å². The molecule has 0 aliphatic carbocycles. The number of halogens is 3. The summed E-state index contributed by atoms with van der Waals surface area (Å²) in [6.07, 6.45) is -5.14. The van der Waals surface area contributed by atoms with Crippen LogP contribution in [-0.2, 0) is 10.9 Å². The minimum Gasteiger partial charge on any atom is -0.383 e.